The average Bonchev–Trinajstić information content (AvgIpc) is 2.28. The lowest BCUT2D eigenvalue weighted by atomic mass is 10.2. The zero-order valence-corrected chi connectivity index (χ0v) is 9.44. The van der Waals surface area contributed by atoms with Gasteiger partial charge >= 0.3 is 0 Å². The summed E-state index contributed by atoms with van der Waals surface area (Å²) < 4.78 is 24.7. The molecule has 0 radical (unpaired) electrons. The molecule has 1 N–H and O–H groups in total. The third-order valence-electron chi connectivity index (χ3n) is 2.20. The lowest BCUT2D eigenvalue weighted by Gasteiger charge is -2.22. The summed E-state index contributed by atoms with van der Waals surface area (Å²) in [6.07, 6.45) is -1.13. The summed E-state index contributed by atoms with van der Waals surface area (Å²) in [5.74, 6) is 0.113. The van der Waals surface area contributed by atoms with Gasteiger partial charge in [0, 0.05) is 18.3 Å². The molecule has 6 heteroatoms. The molecule has 0 aromatic carbocycles. The van der Waals surface area contributed by atoms with Gasteiger partial charge in [0.1, 0.15) is 5.82 Å². The molecule has 0 amide bonds. The quantitative estimate of drug-likeness (QED) is 0.767. The third kappa shape index (κ3) is 4.07. The van der Waals surface area contributed by atoms with Crippen LogP contribution in [-0.4, -0.2) is 42.0 Å². The van der Waals surface area contributed by atoms with E-state index in [0.29, 0.717) is 5.56 Å². The highest BCUT2D eigenvalue weighted by Crippen LogP contribution is 2.14. The molecule has 0 atom stereocenters. The number of anilines is 1. The van der Waals surface area contributed by atoms with Crippen LogP contribution in [0.1, 0.15) is 17.3 Å². The molecule has 0 saturated carbocycles. The minimum absolute atomic E-state index is 0.0543. The molecule has 0 aliphatic rings. The highest BCUT2D eigenvalue weighted by molar-refractivity contribution is 5.94. The zero-order valence-electron chi connectivity index (χ0n) is 9.44. The predicted octanol–water partition coefficient (Wildman–Crippen LogP) is 1.35. The molecule has 1 heterocycles. The fourth-order valence-electron chi connectivity index (χ4n) is 1.40. The van der Waals surface area contributed by atoms with Crippen molar-refractivity contribution >= 4 is 11.6 Å². The number of aromatic nitrogens is 1. The number of carbonyl (C=O) groups excluding carboxylic acids is 1. The van der Waals surface area contributed by atoms with Gasteiger partial charge in [0.25, 0.3) is 6.43 Å². The Balaban J connectivity index is 2.92. The van der Waals surface area contributed by atoms with Crippen molar-refractivity contribution in [1.82, 2.24) is 4.98 Å². The standard InChI is InChI=1S/C11H14F2N2O2/c1-8(17)9-2-3-14-11(6-9)15(4-5-16)7-10(12)13/h2-3,6,10,16H,4-5,7H2,1H3. The highest BCUT2D eigenvalue weighted by atomic mass is 19.3. The van der Waals surface area contributed by atoms with Gasteiger partial charge in [-0.15, -0.1) is 0 Å². The molecular formula is C11H14F2N2O2. The molecule has 0 spiro atoms. The largest absolute Gasteiger partial charge is 0.395 e. The minimum Gasteiger partial charge on any atom is -0.395 e. The molecule has 0 aliphatic heterocycles. The Labute approximate surface area is 97.9 Å². The van der Waals surface area contributed by atoms with Crippen LogP contribution in [0.2, 0.25) is 0 Å². The van der Waals surface area contributed by atoms with E-state index < -0.39 is 13.0 Å². The molecule has 0 fully saturated rings. The van der Waals surface area contributed by atoms with E-state index in [1.165, 1.54) is 30.2 Å². The minimum atomic E-state index is -2.52. The van der Waals surface area contributed by atoms with Gasteiger partial charge in [-0.05, 0) is 19.1 Å². The first kappa shape index (κ1) is 13.5. The van der Waals surface area contributed by atoms with E-state index in [4.69, 9.17) is 5.11 Å². The molecule has 1 aromatic heterocycles. The molecule has 4 nitrogen and oxygen atoms in total. The van der Waals surface area contributed by atoms with Crippen LogP contribution in [-0.2, 0) is 0 Å². The van der Waals surface area contributed by atoms with Crippen molar-refractivity contribution in [3.63, 3.8) is 0 Å². The Bertz CT molecular complexity index is 385. The molecular weight excluding hydrogens is 230 g/mol. The summed E-state index contributed by atoms with van der Waals surface area (Å²) in [6, 6.07) is 2.96. The van der Waals surface area contributed by atoms with E-state index in [2.05, 4.69) is 4.98 Å². The van der Waals surface area contributed by atoms with Crippen molar-refractivity contribution in [2.45, 2.75) is 13.3 Å². The number of ketones is 1. The Morgan fingerprint density at radius 2 is 2.29 bits per heavy atom. The van der Waals surface area contributed by atoms with Gasteiger partial charge in [0.05, 0.1) is 13.2 Å². The van der Waals surface area contributed by atoms with Gasteiger partial charge in [0.2, 0.25) is 0 Å². The van der Waals surface area contributed by atoms with Crippen LogP contribution in [0.4, 0.5) is 14.6 Å². The van der Waals surface area contributed by atoms with Crippen LogP contribution in [0.3, 0.4) is 0 Å². The van der Waals surface area contributed by atoms with Gasteiger partial charge in [-0.1, -0.05) is 0 Å². The number of rotatable bonds is 6. The maximum absolute atomic E-state index is 12.3. The van der Waals surface area contributed by atoms with E-state index in [1.54, 1.807) is 0 Å². The van der Waals surface area contributed by atoms with Crippen molar-refractivity contribution in [3.8, 4) is 0 Å². The van der Waals surface area contributed by atoms with Gasteiger partial charge in [-0.2, -0.15) is 0 Å². The third-order valence-corrected chi connectivity index (χ3v) is 2.20. The molecule has 0 aliphatic carbocycles. The number of hydrogen-bond acceptors (Lipinski definition) is 4. The summed E-state index contributed by atoms with van der Waals surface area (Å²) in [5, 5.41) is 8.81. The summed E-state index contributed by atoms with van der Waals surface area (Å²) in [5.41, 5.74) is 0.409. The monoisotopic (exact) mass is 244 g/mol. The molecule has 1 aromatic rings. The topological polar surface area (TPSA) is 53.4 Å². The Kier molecular flexibility index (Phi) is 4.96. The van der Waals surface area contributed by atoms with Crippen molar-refractivity contribution in [3.05, 3.63) is 23.9 Å². The number of pyridine rings is 1. The van der Waals surface area contributed by atoms with Crippen LogP contribution >= 0.6 is 0 Å². The van der Waals surface area contributed by atoms with Crippen molar-refractivity contribution in [1.29, 1.82) is 0 Å². The molecule has 1 rings (SSSR count). The average molecular weight is 244 g/mol. The SMILES string of the molecule is CC(=O)c1ccnc(N(CCO)CC(F)F)c1. The first-order chi connectivity index (χ1) is 8.04. The molecule has 0 unspecified atom stereocenters. The molecule has 0 bridgehead atoms. The maximum atomic E-state index is 12.3. The second-order valence-corrected chi connectivity index (χ2v) is 3.52. The number of aliphatic hydroxyl groups is 1. The van der Waals surface area contributed by atoms with Gasteiger partial charge < -0.3 is 10.0 Å². The van der Waals surface area contributed by atoms with Crippen LogP contribution < -0.4 is 4.90 Å². The summed E-state index contributed by atoms with van der Waals surface area (Å²) >= 11 is 0. The number of carbonyl (C=O) groups is 1. The summed E-state index contributed by atoms with van der Waals surface area (Å²) in [4.78, 5) is 16.3. The molecule has 94 valence electrons. The highest BCUT2D eigenvalue weighted by Gasteiger charge is 2.14. The molecule has 17 heavy (non-hydrogen) atoms. The Morgan fingerprint density at radius 3 is 2.82 bits per heavy atom. The van der Waals surface area contributed by atoms with Gasteiger partial charge in [0.15, 0.2) is 5.78 Å². The number of Topliss-reactive ketones (excluding diaryl/α,β-unsaturated/α-hetero) is 1. The van der Waals surface area contributed by atoms with E-state index in [1.807, 2.05) is 0 Å². The maximum Gasteiger partial charge on any atom is 0.255 e. The fourth-order valence-corrected chi connectivity index (χ4v) is 1.40. The number of aliphatic hydroxyl groups excluding tert-OH is 1. The Morgan fingerprint density at radius 1 is 1.59 bits per heavy atom. The van der Waals surface area contributed by atoms with Crippen molar-refractivity contribution in [2.24, 2.45) is 0 Å². The van der Waals surface area contributed by atoms with Crippen molar-refractivity contribution < 1.29 is 18.7 Å². The number of hydrogen-bond donors (Lipinski definition) is 1. The molecule has 0 saturated heterocycles. The van der Waals surface area contributed by atoms with Gasteiger partial charge in [-0.25, -0.2) is 13.8 Å². The lowest BCUT2D eigenvalue weighted by molar-refractivity contribution is 0.101. The van der Waals surface area contributed by atoms with E-state index >= 15 is 0 Å². The smallest absolute Gasteiger partial charge is 0.255 e. The second-order valence-electron chi connectivity index (χ2n) is 3.52. The number of alkyl halides is 2. The van der Waals surface area contributed by atoms with Crippen molar-refractivity contribution in [2.75, 3.05) is 24.6 Å². The predicted molar refractivity (Wildman–Crippen MR) is 59.5 cm³/mol. The van der Waals surface area contributed by atoms with E-state index in [9.17, 15) is 13.6 Å². The second kappa shape index (κ2) is 6.24. The Hall–Kier alpha value is -1.56. The van der Waals surface area contributed by atoms with Gasteiger partial charge in [-0.3, -0.25) is 4.79 Å². The first-order valence-corrected chi connectivity index (χ1v) is 5.15. The number of halogens is 2. The van der Waals surface area contributed by atoms with E-state index in [-0.39, 0.29) is 24.8 Å². The zero-order chi connectivity index (χ0) is 12.8. The summed E-state index contributed by atoms with van der Waals surface area (Å²) in [6.45, 7) is 0.676. The first-order valence-electron chi connectivity index (χ1n) is 5.15. The van der Waals surface area contributed by atoms with E-state index in [0.717, 1.165) is 0 Å². The van der Waals surface area contributed by atoms with Crippen LogP contribution in [0.5, 0.6) is 0 Å². The van der Waals surface area contributed by atoms with Crippen LogP contribution in [0, 0.1) is 0 Å². The summed E-state index contributed by atoms with van der Waals surface area (Å²) in [7, 11) is 0. The number of nitrogens with zero attached hydrogens (tertiary/aromatic N) is 2. The fraction of sp³-hybridized carbons (Fsp3) is 0.455. The van der Waals surface area contributed by atoms with Crippen LogP contribution in [0.25, 0.3) is 0 Å². The normalized spacial score (nSPS) is 10.6. The lowest BCUT2D eigenvalue weighted by Crippen LogP contribution is -2.32. The van der Waals surface area contributed by atoms with Crippen LogP contribution in [0.15, 0.2) is 18.3 Å².